The fourth-order valence-corrected chi connectivity index (χ4v) is 2.29. The van der Waals surface area contributed by atoms with Crippen LogP contribution in [0.3, 0.4) is 0 Å². The zero-order valence-corrected chi connectivity index (χ0v) is 11.8. The Balaban J connectivity index is 1.62. The highest BCUT2D eigenvalue weighted by molar-refractivity contribution is 5.93. The van der Waals surface area contributed by atoms with E-state index < -0.39 is 0 Å². The maximum absolute atomic E-state index is 11.9. The summed E-state index contributed by atoms with van der Waals surface area (Å²) >= 11 is 0. The Morgan fingerprint density at radius 3 is 2.76 bits per heavy atom. The summed E-state index contributed by atoms with van der Waals surface area (Å²) < 4.78 is 7.20. The molecule has 0 unspecified atom stereocenters. The van der Waals surface area contributed by atoms with Crippen molar-refractivity contribution < 1.29 is 9.53 Å². The molecule has 4 nitrogen and oxygen atoms in total. The third-order valence-electron chi connectivity index (χ3n) is 3.39. The van der Waals surface area contributed by atoms with E-state index in [1.54, 1.807) is 24.0 Å². The molecule has 0 saturated carbocycles. The molecule has 0 radical (unpaired) electrons. The summed E-state index contributed by atoms with van der Waals surface area (Å²) in [5, 5.41) is 2.37. The number of imidazole rings is 1. The van der Waals surface area contributed by atoms with E-state index in [-0.39, 0.29) is 12.4 Å². The van der Waals surface area contributed by atoms with E-state index in [2.05, 4.69) is 29.2 Å². The molecule has 0 fully saturated rings. The van der Waals surface area contributed by atoms with Crippen molar-refractivity contribution >= 4 is 16.6 Å². The van der Waals surface area contributed by atoms with Crippen molar-refractivity contribution in [3.05, 3.63) is 66.2 Å². The fraction of sp³-hybridized carbons (Fsp3) is 0.176. The molecule has 2 aromatic carbocycles. The Labute approximate surface area is 123 Å². The van der Waals surface area contributed by atoms with Crippen molar-refractivity contribution in [2.24, 2.45) is 7.05 Å². The van der Waals surface area contributed by atoms with Gasteiger partial charge in [0.15, 0.2) is 5.82 Å². The van der Waals surface area contributed by atoms with Crippen LogP contribution in [0.2, 0.25) is 0 Å². The first-order valence-electron chi connectivity index (χ1n) is 6.80. The van der Waals surface area contributed by atoms with E-state index in [1.807, 2.05) is 18.2 Å². The molecule has 0 saturated heterocycles. The number of hydrogen-bond donors (Lipinski definition) is 0. The summed E-state index contributed by atoms with van der Waals surface area (Å²) in [6.07, 6.45) is 3.35. The molecule has 0 aliphatic heterocycles. The lowest BCUT2D eigenvalue weighted by molar-refractivity contribution is 0.0713. The Morgan fingerprint density at radius 1 is 1.19 bits per heavy atom. The largest absolute Gasteiger partial charge is 0.368 e. The minimum Gasteiger partial charge on any atom is -0.368 e. The minimum absolute atomic E-state index is 0.0394. The summed E-state index contributed by atoms with van der Waals surface area (Å²) in [5.41, 5.74) is 1.06. The number of hydrogen-bond acceptors (Lipinski definition) is 3. The van der Waals surface area contributed by atoms with Crippen LogP contribution in [0.25, 0.3) is 10.8 Å². The average Bonchev–Trinajstić information content (AvgIpc) is 2.93. The van der Waals surface area contributed by atoms with Crippen molar-refractivity contribution in [1.82, 2.24) is 9.55 Å². The Hall–Kier alpha value is -2.46. The first-order valence-corrected chi connectivity index (χ1v) is 6.80. The van der Waals surface area contributed by atoms with Gasteiger partial charge in [0.05, 0.1) is 6.61 Å². The molecular formula is C17H16N2O2. The van der Waals surface area contributed by atoms with Gasteiger partial charge >= 0.3 is 0 Å². The summed E-state index contributed by atoms with van der Waals surface area (Å²) in [4.78, 5) is 15.9. The van der Waals surface area contributed by atoms with E-state index in [4.69, 9.17) is 4.74 Å². The van der Waals surface area contributed by atoms with Crippen LogP contribution in [0.15, 0.2) is 54.9 Å². The molecule has 3 aromatic rings. The second-order valence-corrected chi connectivity index (χ2v) is 4.96. The van der Waals surface area contributed by atoms with E-state index in [0.29, 0.717) is 12.4 Å². The average molecular weight is 280 g/mol. The highest BCUT2D eigenvalue weighted by Gasteiger charge is 2.10. The third kappa shape index (κ3) is 3.01. The number of carbonyl (C=O) groups excluding carboxylic acids is 1. The predicted molar refractivity (Wildman–Crippen MR) is 81.1 cm³/mol. The van der Waals surface area contributed by atoms with Gasteiger partial charge in [-0.15, -0.1) is 0 Å². The number of ketones is 1. The second kappa shape index (κ2) is 5.89. The van der Waals surface area contributed by atoms with Crippen LogP contribution in [0.5, 0.6) is 0 Å². The lowest BCUT2D eigenvalue weighted by atomic mass is 10.1. The van der Waals surface area contributed by atoms with E-state index in [0.717, 1.165) is 5.56 Å². The van der Waals surface area contributed by atoms with Crippen molar-refractivity contribution in [3.63, 3.8) is 0 Å². The van der Waals surface area contributed by atoms with E-state index >= 15 is 0 Å². The van der Waals surface area contributed by atoms with Gasteiger partial charge < -0.3 is 9.30 Å². The molecule has 106 valence electrons. The number of rotatable bonds is 5. The molecule has 0 aliphatic carbocycles. The van der Waals surface area contributed by atoms with Gasteiger partial charge in [-0.3, -0.25) is 4.79 Å². The number of carbonyl (C=O) groups is 1. The van der Waals surface area contributed by atoms with Gasteiger partial charge in [-0.25, -0.2) is 4.98 Å². The van der Waals surface area contributed by atoms with Crippen molar-refractivity contribution in [2.45, 2.75) is 6.61 Å². The quantitative estimate of drug-likeness (QED) is 0.675. The van der Waals surface area contributed by atoms with Crippen LogP contribution in [0.1, 0.15) is 16.2 Å². The van der Waals surface area contributed by atoms with Gasteiger partial charge in [0.2, 0.25) is 5.78 Å². The maximum atomic E-state index is 11.9. The molecule has 0 spiro atoms. The van der Waals surface area contributed by atoms with E-state index in [1.165, 1.54) is 10.8 Å². The molecule has 0 N–H and O–H groups in total. The molecule has 0 amide bonds. The highest BCUT2D eigenvalue weighted by atomic mass is 16.5. The molecule has 21 heavy (non-hydrogen) atoms. The van der Waals surface area contributed by atoms with Crippen LogP contribution < -0.4 is 0 Å². The van der Waals surface area contributed by atoms with Crippen LogP contribution in [0.4, 0.5) is 0 Å². The zero-order valence-electron chi connectivity index (χ0n) is 11.8. The first-order chi connectivity index (χ1) is 10.2. The lowest BCUT2D eigenvalue weighted by Gasteiger charge is -2.05. The number of Topliss-reactive ketones (excluding diaryl/α,β-unsaturated/α-hetero) is 1. The van der Waals surface area contributed by atoms with Crippen LogP contribution in [0, 0.1) is 0 Å². The number of fused-ring (bicyclic) bond motifs is 1. The van der Waals surface area contributed by atoms with Crippen molar-refractivity contribution in [3.8, 4) is 0 Å². The first kappa shape index (κ1) is 13.5. The molecule has 3 rings (SSSR count). The molecule has 1 aromatic heterocycles. The monoisotopic (exact) mass is 280 g/mol. The van der Waals surface area contributed by atoms with Gasteiger partial charge in [0.25, 0.3) is 0 Å². The third-order valence-corrected chi connectivity index (χ3v) is 3.39. The molecule has 0 aliphatic rings. The second-order valence-electron chi connectivity index (χ2n) is 4.96. The Morgan fingerprint density at radius 2 is 2.00 bits per heavy atom. The molecule has 0 bridgehead atoms. The van der Waals surface area contributed by atoms with Crippen molar-refractivity contribution in [2.75, 3.05) is 6.61 Å². The number of benzene rings is 2. The summed E-state index contributed by atoms with van der Waals surface area (Å²) in [6.45, 7) is 0.457. The molecule has 1 heterocycles. The lowest BCUT2D eigenvalue weighted by Crippen LogP contribution is -2.14. The molecule has 0 atom stereocenters. The van der Waals surface area contributed by atoms with Gasteiger partial charge in [-0.05, 0) is 22.4 Å². The normalized spacial score (nSPS) is 10.9. The van der Waals surface area contributed by atoms with Crippen LogP contribution >= 0.6 is 0 Å². The standard InChI is InChI=1S/C17H16N2O2/c1-19-9-8-18-17(19)16(20)12-21-11-13-6-7-14-4-2-3-5-15(14)10-13/h2-10H,11-12H2,1H3. The fourth-order valence-electron chi connectivity index (χ4n) is 2.29. The topological polar surface area (TPSA) is 44.1 Å². The van der Waals surface area contributed by atoms with Crippen molar-refractivity contribution in [1.29, 1.82) is 0 Å². The predicted octanol–water partition coefficient (Wildman–Crippen LogP) is 2.97. The minimum atomic E-state index is -0.108. The van der Waals surface area contributed by atoms with Crippen LogP contribution in [-0.4, -0.2) is 21.9 Å². The maximum Gasteiger partial charge on any atom is 0.223 e. The van der Waals surface area contributed by atoms with Crippen LogP contribution in [-0.2, 0) is 18.4 Å². The van der Waals surface area contributed by atoms with Gasteiger partial charge in [0.1, 0.15) is 6.61 Å². The smallest absolute Gasteiger partial charge is 0.223 e. The Kier molecular flexibility index (Phi) is 3.79. The number of ether oxygens (including phenoxy) is 1. The van der Waals surface area contributed by atoms with Gasteiger partial charge in [-0.2, -0.15) is 0 Å². The summed E-state index contributed by atoms with van der Waals surface area (Å²) in [6, 6.07) is 14.3. The van der Waals surface area contributed by atoms with E-state index in [9.17, 15) is 4.79 Å². The number of aryl methyl sites for hydroxylation is 1. The summed E-state index contributed by atoms with van der Waals surface area (Å²) in [5.74, 6) is 0.316. The Bertz CT molecular complexity index is 777. The number of nitrogens with zero attached hydrogens (tertiary/aromatic N) is 2. The number of aromatic nitrogens is 2. The SMILES string of the molecule is Cn1ccnc1C(=O)COCc1ccc2ccccc2c1. The summed E-state index contributed by atoms with van der Waals surface area (Å²) in [7, 11) is 1.80. The van der Waals surface area contributed by atoms with Gasteiger partial charge in [-0.1, -0.05) is 36.4 Å². The van der Waals surface area contributed by atoms with Gasteiger partial charge in [0, 0.05) is 19.4 Å². The zero-order chi connectivity index (χ0) is 14.7. The molecular weight excluding hydrogens is 264 g/mol. The molecule has 4 heteroatoms. The highest BCUT2D eigenvalue weighted by Crippen LogP contribution is 2.16.